The van der Waals surface area contributed by atoms with Crippen molar-refractivity contribution < 1.29 is 9.90 Å². The third-order valence-corrected chi connectivity index (χ3v) is 2.61. The van der Waals surface area contributed by atoms with Crippen molar-refractivity contribution in [3.05, 3.63) is 22.8 Å². The van der Waals surface area contributed by atoms with Gasteiger partial charge < -0.3 is 15.4 Å². The van der Waals surface area contributed by atoms with Crippen molar-refractivity contribution >= 4 is 23.3 Å². The van der Waals surface area contributed by atoms with Crippen molar-refractivity contribution in [3.8, 4) is 0 Å². The van der Waals surface area contributed by atoms with E-state index in [9.17, 15) is 9.90 Å². The Hall–Kier alpha value is -1.37. The fourth-order valence-electron chi connectivity index (χ4n) is 1.40. The molecule has 1 aromatic rings. The summed E-state index contributed by atoms with van der Waals surface area (Å²) in [6.07, 6.45) is 0.0748. The number of halogens is 1. The van der Waals surface area contributed by atoms with Crippen molar-refractivity contribution in [1.82, 2.24) is 9.88 Å². The molecule has 1 atom stereocenters. The molecule has 0 spiro atoms. The smallest absolute Gasteiger partial charge is 0.253 e. The lowest BCUT2D eigenvalue weighted by Crippen LogP contribution is -2.29. The number of carbonyl (C=O) groups excluding carboxylic acids is 1. The number of anilines is 1. The minimum Gasteiger partial charge on any atom is -0.393 e. The summed E-state index contributed by atoms with van der Waals surface area (Å²) in [5, 5.41) is 9.38. The number of hydrazine groups is 1. The van der Waals surface area contributed by atoms with Crippen LogP contribution in [0.3, 0.4) is 0 Å². The van der Waals surface area contributed by atoms with Crippen molar-refractivity contribution in [2.75, 3.05) is 19.0 Å². The van der Waals surface area contributed by atoms with Crippen LogP contribution in [-0.2, 0) is 0 Å². The van der Waals surface area contributed by atoms with Crippen LogP contribution < -0.4 is 11.3 Å². The van der Waals surface area contributed by atoms with E-state index in [1.54, 1.807) is 14.0 Å². The minimum atomic E-state index is -0.442. The zero-order chi connectivity index (χ0) is 13.7. The third-order valence-electron chi connectivity index (χ3n) is 2.42. The van der Waals surface area contributed by atoms with Crippen molar-refractivity contribution in [3.63, 3.8) is 0 Å². The van der Waals surface area contributed by atoms with Crippen LogP contribution in [0, 0.1) is 0 Å². The van der Waals surface area contributed by atoms with E-state index in [1.807, 2.05) is 0 Å². The molecule has 0 saturated heterocycles. The van der Waals surface area contributed by atoms with E-state index in [1.165, 1.54) is 17.0 Å². The molecule has 7 heteroatoms. The summed E-state index contributed by atoms with van der Waals surface area (Å²) in [5.41, 5.74) is 2.75. The lowest BCUT2D eigenvalue weighted by atomic mass is 10.2. The number of nitrogens with one attached hydrogen (secondary N) is 1. The first-order valence-corrected chi connectivity index (χ1v) is 5.89. The van der Waals surface area contributed by atoms with E-state index in [0.29, 0.717) is 24.3 Å². The number of amides is 1. The molecule has 0 aromatic carbocycles. The second kappa shape index (κ2) is 6.53. The van der Waals surface area contributed by atoms with Crippen LogP contribution in [0.25, 0.3) is 0 Å². The van der Waals surface area contributed by atoms with Gasteiger partial charge >= 0.3 is 0 Å². The van der Waals surface area contributed by atoms with Gasteiger partial charge in [-0.2, -0.15) is 0 Å². The topological polar surface area (TPSA) is 91.5 Å². The number of rotatable bonds is 5. The molecule has 100 valence electrons. The SMILES string of the molecule is CC(O)CCN(C)C(=O)c1cc(Cl)nc(NN)c1. The highest BCUT2D eigenvalue weighted by molar-refractivity contribution is 6.29. The lowest BCUT2D eigenvalue weighted by Gasteiger charge is -2.18. The van der Waals surface area contributed by atoms with Gasteiger partial charge in [-0.3, -0.25) is 4.79 Å². The van der Waals surface area contributed by atoms with Gasteiger partial charge in [-0.05, 0) is 25.5 Å². The van der Waals surface area contributed by atoms with Crippen LogP contribution in [0.5, 0.6) is 0 Å². The van der Waals surface area contributed by atoms with Gasteiger partial charge in [0.25, 0.3) is 5.91 Å². The second-order valence-corrected chi connectivity index (χ2v) is 4.46. The molecular formula is C11H17ClN4O2. The van der Waals surface area contributed by atoms with Crippen LogP contribution in [0.2, 0.25) is 5.15 Å². The quantitative estimate of drug-likeness (QED) is 0.420. The summed E-state index contributed by atoms with van der Waals surface area (Å²) >= 11 is 5.79. The van der Waals surface area contributed by atoms with Gasteiger partial charge in [-0.25, -0.2) is 10.8 Å². The minimum absolute atomic E-state index is 0.192. The highest BCUT2D eigenvalue weighted by Crippen LogP contribution is 2.15. The van der Waals surface area contributed by atoms with Crippen LogP contribution in [0.1, 0.15) is 23.7 Å². The highest BCUT2D eigenvalue weighted by atomic mass is 35.5. The number of aliphatic hydroxyl groups is 1. The van der Waals surface area contributed by atoms with E-state index in [-0.39, 0.29) is 11.1 Å². The van der Waals surface area contributed by atoms with Gasteiger partial charge in [0.2, 0.25) is 0 Å². The number of nitrogen functional groups attached to an aromatic ring is 1. The maximum Gasteiger partial charge on any atom is 0.253 e. The number of hydrogen-bond donors (Lipinski definition) is 3. The second-order valence-electron chi connectivity index (χ2n) is 4.07. The predicted molar refractivity (Wildman–Crippen MR) is 70.3 cm³/mol. The van der Waals surface area contributed by atoms with Gasteiger partial charge in [0.15, 0.2) is 0 Å². The van der Waals surface area contributed by atoms with Crippen LogP contribution >= 0.6 is 11.6 Å². The average molecular weight is 273 g/mol. The Morgan fingerprint density at radius 1 is 1.67 bits per heavy atom. The summed E-state index contributed by atoms with van der Waals surface area (Å²) < 4.78 is 0. The van der Waals surface area contributed by atoms with Gasteiger partial charge in [-0.1, -0.05) is 11.6 Å². The number of aromatic nitrogens is 1. The predicted octanol–water partition coefficient (Wildman–Crippen LogP) is 0.863. The zero-order valence-corrected chi connectivity index (χ0v) is 11.1. The van der Waals surface area contributed by atoms with Crippen molar-refractivity contribution in [2.24, 2.45) is 5.84 Å². The summed E-state index contributed by atoms with van der Waals surface area (Å²) in [5.74, 6) is 5.36. The fourth-order valence-corrected chi connectivity index (χ4v) is 1.61. The number of aliphatic hydroxyl groups excluding tert-OH is 1. The number of pyridine rings is 1. The molecule has 1 heterocycles. The van der Waals surface area contributed by atoms with E-state index in [0.717, 1.165) is 0 Å². The molecule has 1 unspecified atom stereocenters. The molecule has 0 radical (unpaired) electrons. The molecule has 6 nitrogen and oxygen atoms in total. The molecule has 1 amide bonds. The molecule has 0 aliphatic heterocycles. The number of carbonyl (C=O) groups is 1. The van der Waals surface area contributed by atoms with E-state index in [2.05, 4.69) is 10.4 Å². The Kier molecular flexibility index (Phi) is 5.33. The number of hydrogen-bond acceptors (Lipinski definition) is 5. The van der Waals surface area contributed by atoms with E-state index >= 15 is 0 Å². The van der Waals surface area contributed by atoms with Crippen LogP contribution in [0.4, 0.5) is 5.82 Å². The number of nitrogens with two attached hydrogens (primary N) is 1. The standard InChI is InChI=1S/C11H17ClN4O2/c1-7(17)3-4-16(2)11(18)8-5-9(12)14-10(6-8)15-13/h5-7,17H,3-4,13H2,1-2H3,(H,14,15). The van der Waals surface area contributed by atoms with Crippen molar-refractivity contribution in [1.29, 1.82) is 0 Å². The largest absolute Gasteiger partial charge is 0.393 e. The van der Waals surface area contributed by atoms with E-state index < -0.39 is 6.10 Å². The van der Waals surface area contributed by atoms with E-state index in [4.69, 9.17) is 17.4 Å². The van der Waals surface area contributed by atoms with Gasteiger partial charge in [-0.15, -0.1) is 0 Å². The van der Waals surface area contributed by atoms with Gasteiger partial charge in [0.1, 0.15) is 11.0 Å². The Labute approximate surface area is 111 Å². The zero-order valence-electron chi connectivity index (χ0n) is 10.4. The highest BCUT2D eigenvalue weighted by Gasteiger charge is 2.14. The molecule has 0 aliphatic rings. The molecule has 1 rings (SSSR count). The molecule has 0 bridgehead atoms. The monoisotopic (exact) mass is 272 g/mol. The Bertz CT molecular complexity index is 426. The first kappa shape index (κ1) is 14.7. The Morgan fingerprint density at radius 3 is 2.89 bits per heavy atom. The first-order chi connectivity index (χ1) is 8.43. The molecule has 0 fully saturated rings. The van der Waals surface area contributed by atoms with Gasteiger partial charge in [0, 0.05) is 19.2 Å². The molecule has 0 aliphatic carbocycles. The lowest BCUT2D eigenvalue weighted by molar-refractivity contribution is 0.0769. The third kappa shape index (κ3) is 4.14. The maximum absolute atomic E-state index is 12.1. The summed E-state index contributed by atoms with van der Waals surface area (Å²) in [4.78, 5) is 17.5. The number of nitrogens with zero attached hydrogens (tertiary/aromatic N) is 2. The molecule has 1 aromatic heterocycles. The summed E-state index contributed by atoms with van der Waals surface area (Å²) in [7, 11) is 1.66. The fraction of sp³-hybridized carbons (Fsp3) is 0.455. The first-order valence-electron chi connectivity index (χ1n) is 5.51. The normalized spacial score (nSPS) is 12.1. The Balaban J connectivity index is 2.79. The molecule has 4 N–H and O–H groups in total. The van der Waals surface area contributed by atoms with Crippen LogP contribution in [-0.4, -0.2) is 40.6 Å². The van der Waals surface area contributed by atoms with Gasteiger partial charge in [0.05, 0.1) is 6.10 Å². The molecular weight excluding hydrogens is 256 g/mol. The van der Waals surface area contributed by atoms with Crippen molar-refractivity contribution in [2.45, 2.75) is 19.4 Å². The maximum atomic E-state index is 12.1. The molecule has 0 saturated carbocycles. The average Bonchev–Trinajstić information content (AvgIpc) is 2.34. The summed E-state index contributed by atoms with van der Waals surface area (Å²) in [6.45, 7) is 2.14. The van der Waals surface area contributed by atoms with Crippen LogP contribution in [0.15, 0.2) is 12.1 Å². The Morgan fingerprint density at radius 2 is 2.33 bits per heavy atom. The molecule has 18 heavy (non-hydrogen) atoms. The summed E-state index contributed by atoms with van der Waals surface area (Å²) in [6, 6.07) is 3.00.